The SMILES string of the molecule is CCC(C(N)=S)S(=O)(=O)N(C)Cc1ccco1. The van der Waals surface area contributed by atoms with E-state index in [1.807, 2.05) is 0 Å². The van der Waals surface area contributed by atoms with Crippen molar-refractivity contribution < 1.29 is 12.8 Å². The molecule has 0 aliphatic heterocycles. The second-order valence-electron chi connectivity index (χ2n) is 3.68. The first-order valence-electron chi connectivity index (χ1n) is 5.16. The van der Waals surface area contributed by atoms with E-state index in [4.69, 9.17) is 22.4 Å². The first kappa shape index (κ1) is 14.1. The van der Waals surface area contributed by atoms with Crippen LogP contribution < -0.4 is 5.73 Å². The van der Waals surface area contributed by atoms with Crippen molar-refractivity contribution in [2.45, 2.75) is 25.1 Å². The van der Waals surface area contributed by atoms with Crippen LogP contribution in [-0.2, 0) is 16.6 Å². The third-order valence-corrected chi connectivity index (χ3v) is 5.18. The van der Waals surface area contributed by atoms with Crippen molar-refractivity contribution >= 4 is 27.2 Å². The fourth-order valence-corrected chi connectivity index (χ4v) is 3.48. The number of hydrogen-bond donors (Lipinski definition) is 1. The van der Waals surface area contributed by atoms with E-state index in [1.165, 1.54) is 17.6 Å². The van der Waals surface area contributed by atoms with E-state index >= 15 is 0 Å². The molecular weight excluding hydrogens is 260 g/mol. The molecule has 96 valence electrons. The first-order chi connectivity index (χ1) is 7.89. The van der Waals surface area contributed by atoms with Crippen LogP contribution in [-0.4, -0.2) is 30.0 Å². The second-order valence-corrected chi connectivity index (χ2v) is 6.37. The highest BCUT2D eigenvalue weighted by Gasteiger charge is 2.30. The normalized spacial score (nSPS) is 13.8. The van der Waals surface area contributed by atoms with E-state index in [0.29, 0.717) is 12.2 Å². The molecule has 1 rings (SSSR count). The van der Waals surface area contributed by atoms with Crippen molar-refractivity contribution in [2.75, 3.05) is 7.05 Å². The molecule has 1 aromatic rings. The van der Waals surface area contributed by atoms with Gasteiger partial charge in [-0.25, -0.2) is 8.42 Å². The molecule has 0 aliphatic carbocycles. The van der Waals surface area contributed by atoms with Crippen molar-refractivity contribution in [2.24, 2.45) is 5.73 Å². The molecule has 0 radical (unpaired) electrons. The van der Waals surface area contributed by atoms with Crippen LogP contribution in [0.25, 0.3) is 0 Å². The highest BCUT2D eigenvalue weighted by Crippen LogP contribution is 2.14. The molecule has 2 N–H and O–H groups in total. The lowest BCUT2D eigenvalue weighted by Crippen LogP contribution is -2.42. The molecule has 0 bridgehead atoms. The molecule has 1 aromatic heterocycles. The van der Waals surface area contributed by atoms with E-state index in [2.05, 4.69) is 0 Å². The van der Waals surface area contributed by atoms with Crippen molar-refractivity contribution in [1.29, 1.82) is 0 Å². The molecule has 0 spiro atoms. The molecule has 0 amide bonds. The summed E-state index contributed by atoms with van der Waals surface area (Å²) < 4.78 is 30.6. The minimum Gasteiger partial charge on any atom is -0.468 e. The average Bonchev–Trinajstić information content (AvgIpc) is 2.70. The standard InChI is InChI=1S/C10H16N2O3S2/c1-3-9(10(11)16)17(13,14)12(2)7-8-5-4-6-15-8/h4-6,9H,3,7H2,1-2H3,(H2,11,16). The molecule has 1 atom stereocenters. The van der Waals surface area contributed by atoms with Gasteiger partial charge in [-0.3, -0.25) is 0 Å². The summed E-state index contributed by atoms with van der Waals surface area (Å²) in [6.45, 7) is 1.91. The Morgan fingerprint density at radius 3 is 2.71 bits per heavy atom. The Labute approximate surface area is 107 Å². The number of nitrogens with two attached hydrogens (primary N) is 1. The maximum Gasteiger partial charge on any atom is 0.223 e. The fourth-order valence-electron chi connectivity index (χ4n) is 1.49. The largest absolute Gasteiger partial charge is 0.468 e. The fraction of sp³-hybridized carbons (Fsp3) is 0.500. The predicted molar refractivity (Wildman–Crippen MR) is 70.0 cm³/mol. The summed E-state index contributed by atoms with van der Waals surface area (Å²) in [5, 5.41) is -0.822. The number of hydrogen-bond acceptors (Lipinski definition) is 4. The lowest BCUT2D eigenvalue weighted by Gasteiger charge is -2.22. The second kappa shape index (κ2) is 5.61. The Morgan fingerprint density at radius 1 is 1.65 bits per heavy atom. The van der Waals surface area contributed by atoms with Gasteiger partial charge in [-0.15, -0.1) is 0 Å². The predicted octanol–water partition coefficient (Wildman–Crippen LogP) is 1.11. The molecule has 1 unspecified atom stereocenters. The summed E-state index contributed by atoms with van der Waals surface area (Å²) in [7, 11) is -2.03. The summed E-state index contributed by atoms with van der Waals surface area (Å²) >= 11 is 4.78. The Balaban J connectivity index is 2.86. The quantitative estimate of drug-likeness (QED) is 0.788. The van der Waals surface area contributed by atoms with E-state index in [1.54, 1.807) is 19.1 Å². The summed E-state index contributed by atoms with van der Waals surface area (Å²) in [6.07, 6.45) is 1.86. The zero-order valence-corrected chi connectivity index (χ0v) is 11.4. The third kappa shape index (κ3) is 3.27. The van der Waals surface area contributed by atoms with Crippen LogP contribution in [0, 0.1) is 0 Å². The summed E-state index contributed by atoms with van der Waals surface area (Å²) in [5.74, 6) is 0.578. The van der Waals surface area contributed by atoms with Gasteiger partial charge in [0.15, 0.2) is 0 Å². The topological polar surface area (TPSA) is 76.5 Å². The maximum absolute atomic E-state index is 12.1. The molecule has 0 aromatic carbocycles. The van der Waals surface area contributed by atoms with Gasteiger partial charge in [0.2, 0.25) is 10.0 Å². The van der Waals surface area contributed by atoms with E-state index < -0.39 is 15.3 Å². The highest BCUT2D eigenvalue weighted by molar-refractivity contribution is 7.92. The molecule has 0 saturated heterocycles. The van der Waals surface area contributed by atoms with Crippen molar-refractivity contribution in [1.82, 2.24) is 4.31 Å². The molecule has 17 heavy (non-hydrogen) atoms. The molecule has 0 fully saturated rings. The summed E-state index contributed by atoms with van der Waals surface area (Å²) in [6, 6.07) is 3.43. The van der Waals surface area contributed by atoms with E-state index in [-0.39, 0.29) is 11.5 Å². The molecule has 7 heteroatoms. The lowest BCUT2D eigenvalue weighted by molar-refractivity contribution is 0.404. The first-order valence-corrected chi connectivity index (χ1v) is 7.07. The number of sulfonamides is 1. The molecule has 0 saturated carbocycles. The van der Waals surface area contributed by atoms with Gasteiger partial charge in [-0.05, 0) is 18.6 Å². The number of nitrogens with zero attached hydrogens (tertiary/aromatic N) is 1. The minimum absolute atomic E-state index is 0.00112. The van der Waals surface area contributed by atoms with Gasteiger partial charge in [0.25, 0.3) is 0 Å². The van der Waals surface area contributed by atoms with Gasteiger partial charge >= 0.3 is 0 Å². The minimum atomic E-state index is -3.52. The molecule has 1 heterocycles. The highest BCUT2D eigenvalue weighted by atomic mass is 32.2. The smallest absolute Gasteiger partial charge is 0.223 e. The van der Waals surface area contributed by atoms with Crippen molar-refractivity contribution in [3.8, 4) is 0 Å². The zero-order valence-electron chi connectivity index (χ0n) is 9.79. The van der Waals surface area contributed by atoms with Crippen LogP contribution in [0.1, 0.15) is 19.1 Å². The van der Waals surface area contributed by atoms with Gasteiger partial charge in [0.1, 0.15) is 11.0 Å². The summed E-state index contributed by atoms with van der Waals surface area (Å²) in [4.78, 5) is -0.00112. The Kier molecular flexibility index (Phi) is 4.67. The van der Waals surface area contributed by atoms with E-state index in [0.717, 1.165) is 0 Å². The monoisotopic (exact) mass is 276 g/mol. The maximum atomic E-state index is 12.1. The van der Waals surface area contributed by atoms with Crippen LogP contribution in [0.15, 0.2) is 22.8 Å². The zero-order chi connectivity index (χ0) is 13.1. The number of thiocarbonyl (C=S) groups is 1. The molecular formula is C10H16N2O3S2. The van der Waals surface area contributed by atoms with Crippen molar-refractivity contribution in [3.63, 3.8) is 0 Å². The van der Waals surface area contributed by atoms with Crippen LogP contribution in [0.5, 0.6) is 0 Å². The summed E-state index contributed by atoms with van der Waals surface area (Å²) in [5.41, 5.74) is 5.45. The molecule has 5 nitrogen and oxygen atoms in total. The van der Waals surface area contributed by atoms with Crippen molar-refractivity contribution in [3.05, 3.63) is 24.2 Å². The lowest BCUT2D eigenvalue weighted by atomic mass is 10.3. The van der Waals surface area contributed by atoms with Gasteiger partial charge in [-0.1, -0.05) is 19.1 Å². The van der Waals surface area contributed by atoms with Crippen LogP contribution >= 0.6 is 12.2 Å². The van der Waals surface area contributed by atoms with Crippen LogP contribution in [0.3, 0.4) is 0 Å². The average molecular weight is 276 g/mol. The third-order valence-electron chi connectivity index (χ3n) is 2.44. The van der Waals surface area contributed by atoms with Gasteiger partial charge in [0, 0.05) is 7.05 Å². The Hall–Kier alpha value is -0.920. The number of furan rings is 1. The Morgan fingerprint density at radius 2 is 2.29 bits per heavy atom. The van der Waals surface area contributed by atoms with Crippen LogP contribution in [0.4, 0.5) is 0 Å². The molecule has 0 aliphatic rings. The number of rotatable bonds is 6. The van der Waals surface area contributed by atoms with Gasteiger partial charge in [0.05, 0.1) is 17.8 Å². The van der Waals surface area contributed by atoms with E-state index in [9.17, 15) is 8.42 Å². The van der Waals surface area contributed by atoms with Gasteiger partial charge in [-0.2, -0.15) is 4.31 Å². The Bertz CT molecular complexity index is 468. The van der Waals surface area contributed by atoms with Crippen LogP contribution in [0.2, 0.25) is 0 Å². The van der Waals surface area contributed by atoms with Gasteiger partial charge < -0.3 is 10.2 Å².